The maximum absolute atomic E-state index is 11.9. The molecule has 0 spiro atoms. The molecule has 1 atom stereocenters. The van der Waals surface area contributed by atoms with Gasteiger partial charge in [0.25, 0.3) is 0 Å². The summed E-state index contributed by atoms with van der Waals surface area (Å²) < 4.78 is 0. The fourth-order valence-corrected chi connectivity index (χ4v) is 3.00. The first-order chi connectivity index (χ1) is 7.17. The Hall–Kier alpha value is -0.310. The van der Waals surface area contributed by atoms with Gasteiger partial charge in [-0.25, -0.2) is 0 Å². The van der Waals surface area contributed by atoms with E-state index in [0.717, 1.165) is 31.1 Å². The van der Waals surface area contributed by atoms with Gasteiger partial charge < -0.3 is 4.90 Å². The summed E-state index contributed by atoms with van der Waals surface area (Å²) in [5.41, 5.74) is 1.46. The van der Waals surface area contributed by atoms with Crippen molar-refractivity contribution in [2.45, 2.75) is 39.0 Å². The minimum atomic E-state index is 0.154. The van der Waals surface area contributed by atoms with Gasteiger partial charge >= 0.3 is 0 Å². The number of carbonyl (C=O) groups excluding carboxylic acids is 1. The van der Waals surface area contributed by atoms with Crippen LogP contribution in [-0.2, 0) is 4.79 Å². The second kappa shape index (κ2) is 4.28. The molecule has 1 aliphatic heterocycles. The van der Waals surface area contributed by atoms with Crippen LogP contribution in [-0.4, -0.2) is 22.7 Å². The van der Waals surface area contributed by atoms with Crippen LogP contribution in [0.5, 0.6) is 0 Å². The summed E-state index contributed by atoms with van der Waals surface area (Å²) >= 11 is 3.42. The van der Waals surface area contributed by atoms with Crippen molar-refractivity contribution < 1.29 is 4.79 Å². The van der Waals surface area contributed by atoms with Gasteiger partial charge in [-0.3, -0.25) is 4.79 Å². The summed E-state index contributed by atoms with van der Waals surface area (Å²) in [4.78, 5) is 13.9. The number of allylic oxidation sites excluding steroid dienone is 2. The average molecular weight is 272 g/mol. The van der Waals surface area contributed by atoms with Gasteiger partial charge in [0.2, 0.25) is 5.91 Å². The molecule has 1 saturated heterocycles. The zero-order valence-electron chi connectivity index (χ0n) is 9.26. The molecule has 2 rings (SSSR count). The Kier molecular flexibility index (Phi) is 3.19. The zero-order chi connectivity index (χ0) is 10.9. The van der Waals surface area contributed by atoms with Gasteiger partial charge in [-0.2, -0.15) is 0 Å². The van der Waals surface area contributed by atoms with Crippen molar-refractivity contribution in [3.8, 4) is 0 Å². The molecule has 2 nitrogen and oxygen atoms in total. The topological polar surface area (TPSA) is 20.3 Å². The standard InChI is InChI=1S/C12H18BrNO/c1-12-6-3-2-5-10(12)14(8-4-7-13)11(15)9-12/h5H,2-4,6-9H2,1H3. The van der Waals surface area contributed by atoms with Crippen molar-refractivity contribution in [3.05, 3.63) is 11.8 Å². The summed E-state index contributed by atoms with van der Waals surface area (Å²) in [6.07, 6.45) is 7.60. The van der Waals surface area contributed by atoms with Gasteiger partial charge in [-0.15, -0.1) is 0 Å². The van der Waals surface area contributed by atoms with Crippen LogP contribution in [0.25, 0.3) is 0 Å². The molecular formula is C12H18BrNO. The minimum absolute atomic E-state index is 0.154. The van der Waals surface area contributed by atoms with Gasteiger partial charge in [0.05, 0.1) is 0 Å². The van der Waals surface area contributed by atoms with Crippen LogP contribution in [0.2, 0.25) is 0 Å². The van der Waals surface area contributed by atoms with Crippen molar-refractivity contribution in [3.63, 3.8) is 0 Å². The van der Waals surface area contributed by atoms with E-state index in [1.54, 1.807) is 0 Å². The lowest BCUT2D eigenvalue weighted by Gasteiger charge is -2.31. The Morgan fingerprint density at radius 3 is 3.13 bits per heavy atom. The number of carbonyl (C=O) groups is 1. The largest absolute Gasteiger partial charge is 0.316 e. The molecular weight excluding hydrogens is 254 g/mol. The van der Waals surface area contributed by atoms with Crippen molar-refractivity contribution in [1.29, 1.82) is 0 Å². The Bertz CT molecular complexity index is 300. The number of alkyl halides is 1. The number of halogens is 1. The smallest absolute Gasteiger partial charge is 0.227 e. The highest BCUT2D eigenvalue weighted by Crippen LogP contribution is 2.47. The average Bonchev–Trinajstić information content (AvgIpc) is 2.45. The number of amides is 1. The van der Waals surface area contributed by atoms with Crippen LogP contribution >= 0.6 is 15.9 Å². The Balaban J connectivity index is 2.17. The lowest BCUT2D eigenvalue weighted by Crippen LogP contribution is -2.27. The van der Waals surface area contributed by atoms with E-state index in [9.17, 15) is 4.79 Å². The summed E-state index contributed by atoms with van der Waals surface area (Å²) in [6.45, 7) is 3.12. The number of likely N-dealkylation sites (tertiary alicyclic amines) is 1. The monoisotopic (exact) mass is 271 g/mol. The SMILES string of the molecule is CC12CCCC=C1N(CCCBr)C(=O)C2. The Morgan fingerprint density at radius 2 is 2.40 bits per heavy atom. The van der Waals surface area contributed by atoms with Gasteiger partial charge in [-0.05, 0) is 25.7 Å². The van der Waals surface area contributed by atoms with Gasteiger partial charge in [-0.1, -0.05) is 28.9 Å². The second-order valence-electron chi connectivity index (χ2n) is 4.81. The molecule has 0 radical (unpaired) electrons. The molecule has 1 fully saturated rings. The van der Waals surface area contributed by atoms with Crippen molar-refractivity contribution >= 4 is 21.8 Å². The summed E-state index contributed by atoms with van der Waals surface area (Å²) in [5, 5.41) is 0.973. The third kappa shape index (κ3) is 1.99. The Morgan fingerprint density at radius 1 is 1.60 bits per heavy atom. The van der Waals surface area contributed by atoms with Crippen LogP contribution in [0.1, 0.15) is 39.0 Å². The fourth-order valence-electron chi connectivity index (χ4n) is 2.75. The third-order valence-electron chi connectivity index (χ3n) is 3.54. The number of hydrogen-bond acceptors (Lipinski definition) is 1. The number of fused-ring (bicyclic) bond motifs is 1. The lowest BCUT2D eigenvalue weighted by atomic mass is 9.77. The van der Waals surface area contributed by atoms with Crippen molar-refractivity contribution in [1.82, 2.24) is 4.90 Å². The predicted molar refractivity (Wildman–Crippen MR) is 64.8 cm³/mol. The minimum Gasteiger partial charge on any atom is -0.316 e. The number of rotatable bonds is 3. The molecule has 0 saturated carbocycles. The lowest BCUT2D eigenvalue weighted by molar-refractivity contribution is -0.127. The second-order valence-corrected chi connectivity index (χ2v) is 5.60. The van der Waals surface area contributed by atoms with Crippen LogP contribution in [0.4, 0.5) is 0 Å². The van der Waals surface area contributed by atoms with Crippen LogP contribution in [0.15, 0.2) is 11.8 Å². The number of nitrogens with zero attached hydrogens (tertiary/aromatic N) is 1. The highest BCUT2D eigenvalue weighted by Gasteiger charge is 2.44. The maximum atomic E-state index is 11.9. The van der Waals surface area contributed by atoms with Gasteiger partial charge in [0.15, 0.2) is 0 Å². The maximum Gasteiger partial charge on any atom is 0.227 e. The van der Waals surface area contributed by atoms with Crippen molar-refractivity contribution in [2.75, 3.05) is 11.9 Å². The van der Waals surface area contributed by atoms with E-state index < -0.39 is 0 Å². The van der Waals surface area contributed by atoms with E-state index in [1.807, 2.05) is 4.90 Å². The third-order valence-corrected chi connectivity index (χ3v) is 4.10. The fraction of sp³-hybridized carbons (Fsp3) is 0.750. The molecule has 2 aliphatic rings. The summed E-state index contributed by atoms with van der Waals surface area (Å²) in [6, 6.07) is 0. The molecule has 0 aromatic heterocycles. The zero-order valence-corrected chi connectivity index (χ0v) is 10.8. The molecule has 1 unspecified atom stereocenters. The van der Waals surface area contributed by atoms with E-state index in [1.165, 1.54) is 18.5 Å². The molecule has 1 amide bonds. The molecule has 1 heterocycles. The van der Waals surface area contributed by atoms with E-state index in [2.05, 4.69) is 28.9 Å². The quantitative estimate of drug-likeness (QED) is 0.723. The van der Waals surface area contributed by atoms with Crippen molar-refractivity contribution in [2.24, 2.45) is 5.41 Å². The molecule has 84 valence electrons. The molecule has 1 aliphatic carbocycles. The molecule has 0 aromatic rings. The molecule has 15 heavy (non-hydrogen) atoms. The predicted octanol–water partition coefficient (Wildman–Crippen LogP) is 3.08. The first kappa shape index (κ1) is 11.2. The van der Waals surface area contributed by atoms with Gasteiger partial charge in [0, 0.05) is 29.4 Å². The normalized spacial score (nSPS) is 30.4. The molecule has 3 heteroatoms. The number of hydrogen-bond donors (Lipinski definition) is 0. The first-order valence-corrected chi connectivity index (χ1v) is 6.86. The molecule has 0 bridgehead atoms. The van der Waals surface area contributed by atoms with E-state index >= 15 is 0 Å². The molecule has 0 aromatic carbocycles. The Labute approximate surface area is 99.8 Å². The molecule has 0 N–H and O–H groups in total. The summed E-state index contributed by atoms with van der Waals surface area (Å²) in [5.74, 6) is 0.326. The van der Waals surface area contributed by atoms with Crippen LogP contribution < -0.4 is 0 Å². The highest BCUT2D eigenvalue weighted by molar-refractivity contribution is 9.09. The summed E-state index contributed by atoms with van der Waals surface area (Å²) in [7, 11) is 0. The van der Waals surface area contributed by atoms with Crippen LogP contribution in [0, 0.1) is 5.41 Å². The first-order valence-electron chi connectivity index (χ1n) is 5.74. The highest BCUT2D eigenvalue weighted by atomic mass is 79.9. The van der Waals surface area contributed by atoms with E-state index in [-0.39, 0.29) is 5.41 Å². The van der Waals surface area contributed by atoms with E-state index in [4.69, 9.17) is 0 Å². The van der Waals surface area contributed by atoms with E-state index in [0.29, 0.717) is 5.91 Å². The van der Waals surface area contributed by atoms with Crippen LogP contribution in [0.3, 0.4) is 0 Å². The van der Waals surface area contributed by atoms with Gasteiger partial charge in [0.1, 0.15) is 0 Å².